The normalized spacial score (nSPS) is 16.3. The first-order chi connectivity index (χ1) is 9.33. The number of anilines is 1. The Bertz CT molecular complexity index is 377. The summed E-state index contributed by atoms with van der Waals surface area (Å²) in [6, 6.07) is 6.00. The van der Waals surface area contributed by atoms with Gasteiger partial charge in [0.1, 0.15) is 5.82 Å². The quantitative estimate of drug-likeness (QED) is 0.854. The van der Waals surface area contributed by atoms with E-state index in [1.54, 1.807) is 7.11 Å². The topological polar surface area (TPSA) is 37.4 Å². The average molecular weight is 263 g/mol. The van der Waals surface area contributed by atoms with Gasteiger partial charge in [0.2, 0.25) is 5.88 Å². The van der Waals surface area contributed by atoms with Crippen LogP contribution in [0.15, 0.2) is 18.2 Å². The summed E-state index contributed by atoms with van der Waals surface area (Å²) in [7, 11) is 1.67. The third kappa shape index (κ3) is 4.10. The first kappa shape index (κ1) is 14.1. The Morgan fingerprint density at radius 1 is 1.37 bits per heavy atom. The molecule has 106 valence electrons. The first-order valence-electron chi connectivity index (χ1n) is 7.30. The number of hydrogen-bond acceptors (Lipinski definition) is 4. The van der Waals surface area contributed by atoms with Crippen molar-refractivity contribution in [3.63, 3.8) is 0 Å². The first-order valence-corrected chi connectivity index (χ1v) is 7.30. The molecule has 4 nitrogen and oxygen atoms in total. The Labute approximate surface area is 116 Å². The number of nitrogens with zero attached hydrogens (tertiary/aromatic N) is 2. The molecule has 0 saturated carbocycles. The highest BCUT2D eigenvalue weighted by Gasteiger charge is 2.17. The van der Waals surface area contributed by atoms with Crippen LogP contribution < -0.4 is 15.0 Å². The molecule has 0 unspecified atom stereocenters. The lowest BCUT2D eigenvalue weighted by Gasteiger charge is -2.30. The van der Waals surface area contributed by atoms with Gasteiger partial charge in [0.05, 0.1) is 7.11 Å². The van der Waals surface area contributed by atoms with Crippen molar-refractivity contribution >= 4 is 5.82 Å². The van der Waals surface area contributed by atoms with E-state index < -0.39 is 0 Å². The van der Waals surface area contributed by atoms with Gasteiger partial charge >= 0.3 is 0 Å². The average Bonchev–Trinajstić information content (AvgIpc) is 2.48. The predicted molar refractivity (Wildman–Crippen MR) is 78.9 cm³/mol. The molecule has 0 radical (unpaired) electrons. The lowest BCUT2D eigenvalue weighted by atomic mass is 9.97. The maximum atomic E-state index is 5.23. The van der Waals surface area contributed by atoms with Crippen molar-refractivity contribution in [2.24, 2.45) is 5.92 Å². The van der Waals surface area contributed by atoms with E-state index in [2.05, 4.69) is 28.2 Å². The molecule has 1 saturated heterocycles. The standard InChI is InChI=1S/C15H25N3O/c1-3-11-18(12-13-7-9-16-10-8-13)14-5-4-6-15(17-14)19-2/h4-6,13,16H,3,7-12H2,1-2H3. The second-order valence-electron chi connectivity index (χ2n) is 5.18. The third-order valence-electron chi connectivity index (χ3n) is 3.67. The van der Waals surface area contributed by atoms with E-state index >= 15 is 0 Å². The van der Waals surface area contributed by atoms with Gasteiger partial charge < -0.3 is 15.0 Å². The minimum atomic E-state index is 0.698. The highest BCUT2D eigenvalue weighted by Crippen LogP contribution is 2.20. The number of methoxy groups -OCH3 is 1. The Balaban J connectivity index is 2.04. The Hall–Kier alpha value is -1.29. The fourth-order valence-electron chi connectivity index (χ4n) is 2.64. The Morgan fingerprint density at radius 3 is 2.84 bits per heavy atom. The van der Waals surface area contributed by atoms with Crippen LogP contribution in [0.5, 0.6) is 5.88 Å². The Kier molecular flexibility index (Phi) is 5.45. The molecule has 1 aromatic rings. The zero-order chi connectivity index (χ0) is 13.5. The van der Waals surface area contributed by atoms with Crippen LogP contribution in [-0.4, -0.2) is 38.3 Å². The molecule has 0 aromatic carbocycles. The maximum Gasteiger partial charge on any atom is 0.214 e. The SMILES string of the molecule is CCCN(CC1CCNCC1)c1cccc(OC)n1. The molecule has 0 aliphatic carbocycles. The molecular weight excluding hydrogens is 238 g/mol. The van der Waals surface area contributed by atoms with Crippen molar-refractivity contribution in [1.29, 1.82) is 0 Å². The van der Waals surface area contributed by atoms with Gasteiger partial charge in [-0.25, -0.2) is 0 Å². The number of hydrogen-bond donors (Lipinski definition) is 1. The second-order valence-corrected chi connectivity index (χ2v) is 5.18. The molecule has 0 amide bonds. The summed E-state index contributed by atoms with van der Waals surface area (Å²) in [6.07, 6.45) is 3.68. The molecule has 1 aliphatic rings. The summed E-state index contributed by atoms with van der Waals surface area (Å²) in [4.78, 5) is 6.97. The molecule has 0 atom stereocenters. The summed E-state index contributed by atoms with van der Waals surface area (Å²) >= 11 is 0. The van der Waals surface area contributed by atoms with Gasteiger partial charge in [0.15, 0.2) is 0 Å². The van der Waals surface area contributed by atoms with E-state index in [1.807, 2.05) is 12.1 Å². The van der Waals surface area contributed by atoms with Crippen molar-refractivity contribution in [3.8, 4) is 5.88 Å². The minimum absolute atomic E-state index is 0.698. The molecule has 4 heteroatoms. The molecule has 1 fully saturated rings. The molecule has 1 aromatic heterocycles. The highest BCUT2D eigenvalue weighted by molar-refractivity contribution is 5.40. The molecule has 1 N–H and O–H groups in total. The van der Waals surface area contributed by atoms with Crippen LogP contribution in [0, 0.1) is 5.92 Å². The van der Waals surface area contributed by atoms with Crippen molar-refractivity contribution < 1.29 is 4.74 Å². The monoisotopic (exact) mass is 263 g/mol. The lowest BCUT2D eigenvalue weighted by Crippen LogP contribution is -2.37. The molecule has 0 spiro atoms. The lowest BCUT2D eigenvalue weighted by molar-refractivity contribution is 0.371. The van der Waals surface area contributed by atoms with Crippen LogP contribution in [-0.2, 0) is 0 Å². The molecule has 19 heavy (non-hydrogen) atoms. The zero-order valence-corrected chi connectivity index (χ0v) is 12.1. The van der Waals surface area contributed by atoms with Gasteiger partial charge in [-0.3, -0.25) is 0 Å². The molecular formula is C15H25N3O. The van der Waals surface area contributed by atoms with Gasteiger partial charge in [-0.2, -0.15) is 4.98 Å². The van der Waals surface area contributed by atoms with E-state index in [4.69, 9.17) is 4.74 Å². The van der Waals surface area contributed by atoms with Crippen LogP contribution in [0.25, 0.3) is 0 Å². The van der Waals surface area contributed by atoms with Crippen molar-refractivity contribution in [2.75, 3.05) is 38.2 Å². The summed E-state index contributed by atoms with van der Waals surface area (Å²) in [6.45, 7) is 6.68. The smallest absolute Gasteiger partial charge is 0.214 e. The third-order valence-corrected chi connectivity index (χ3v) is 3.67. The number of nitrogens with one attached hydrogen (secondary N) is 1. The van der Waals surface area contributed by atoms with Crippen LogP contribution in [0.3, 0.4) is 0 Å². The van der Waals surface area contributed by atoms with Crippen molar-refractivity contribution in [3.05, 3.63) is 18.2 Å². The van der Waals surface area contributed by atoms with Crippen LogP contribution >= 0.6 is 0 Å². The fraction of sp³-hybridized carbons (Fsp3) is 0.667. The van der Waals surface area contributed by atoms with E-state index in [0.717, 1.165) is 44.3 Å². The zero-order valence-electron chi connectivity index (χ0n) is 12.1. The molecule has 2 rings (SSSR count). The van der Waals surface area contributed by atoms with E-state index in [0.29, 0.717) is 5.88 Å². The van der Waals surface area contributed by atoms with Gasteiger partial charge in [-0.15, -0.1) is 0 Å². The van der Waals surface area contributed by atoms with E-state index in [-0.39, 0.29) is 0 Å². The van der Waals surface area contributed by atoms with Crippen molar-refractivity contribution in [1.82, 2.24) is 10.3 Å². The molecule has 2 heterocycles. The number of ether oxygens (including phenoxy) is 1. The van der Waals surface area contributed by atoms with E-state index in [9.17, 15) is 0 Å². The highest BCUT2D eigenvalue weighted by atomic mass is 16.5. The number of pyridine rings is 1. The largest absolute Gasteiger partial charge is 0.481 e. The summed E-state index contributed by atoms with van der Waals surface area (Å²) in [5.41, 5.74) is 0. The van der Waals surface area contributed by atoms with Crippen LogP contribution in [0.4, 0.5) is 5.82 Å². The maximum absolute atomic E-state index is 5.23. The Morgan fingerprint density at radius 2 is 2.16 bits per heavy atom. The summed E-state index contributed by atoms with van der Waals surface area (Å²) in [5, 5.41) is 3.42. The van der Waals surface area contributed by atoms with Gasteiger partial charge in [-0.05, 0) is 44.3 Å². The summed E-state index contributed by atoms with van der Waals surface area (Å²) in [5.74, 6) is 2.52. The second kappa shape index (κ2) is 7.34. The number of piperidine rings is 1. The minimum Gasteiger partial charge on any atom is -0.481 e. The van der Waals surface area contributed by atoms with Gasteiger partial charge in [0.25, 0.3) is 0 Å². The van der Waals surface area contributed by atoms with Gasteiger partial charge in [0, 0.05) is 19.2 Å². The van der Waals surface area contributed by atoms with E-state index in [1.165, 1.54) is 12.8 Å². The fourth-order valence-corrected chi connectivity index (χ4v) is 2.64. The van der Waals surface area contributed by atoms with Crippen LogP contribution in [0.1, 0.15) is 26.2 Å². The van der Waals surface area contributed by atoms with Gasteiger partial charge in [-0.1, -0.05) is 13.0 Å². The molecule has 0 bridgehead atoms. The molecule has 1 aliphatic heterocycles. The number of aromatic nitrogens is 1. The predicted octanol–water partition coefficient (Wildman–Crippen LogP) is 2.31. The summed E-state index contributed by atoms with van der Waals surface area (Å²) < 4.78 is 5.23. The van der Waals surface area contributed by atoms with Crippen LogP contribution in [0.2, 0.25) is 0 Å². The number of rotatable bonds is 6. The van der Waals surface area contributed by atoms with Crippen molar-refractivity contribution in [2.45, 2.75) is 26.2 Å².